The SMILES string of the molecule is COc1cc(OCc2ccc(C)cc2)ccc1CN(CC(F)(F)F)C(=O)C1(CCCCBr)c2ccccc2-c2ccccc21. The first-order valence-electron chi connectivity index (χ1n) is 14.6. The highest BCUT2D eigenvalue weighted by atomic mass is 79.9. The third-order valence-electron chi connectivity index (χ3n) is 8.17. The predicted octanol–water partition coefficient (Wildman–Crippen LogP) is 9.01. The smallest absolute Gasteiger partial charge is 0.406 e. The van der Waals surface area contributed by atoms with Gasteiger partial charge in [-0.15, -0.1) is 0 Å². The second-order valence-electron chi connectivity index (χ2n) is 11.2. The van der Waals surface area contributed by atoms with Gasteiger partial charge in [0, 0.05) is 23.5 Å². The summed E-state index contributed by atoms with van der Waals surface area (Å²) in [6.45, 7) is 0.684. The number of hydrogen-bond acceptors (Lipinski definition) is 3. The van der Waals surface area contributed by atoms with Gasteiger partial charge in [0.05, 0.1) is 7.11 Å². The number of carbonyl (C=O) groups is 1. The van der Waals surface area contributed by atoms with Gasteiger partial charge in [0.15, 0.2) is 0 Å². The van der Waals surface area contributed by atoms with Gasteiger partial charge in [-0.3, -0.25) is 4.79 Å². The van der Waals surface area contributed by atoms with Crippen molar-refractivity contribution in [3.05, 3.63) is 119 Å². The molecule has 8 heteroatoms. The zero-order valence-electron chi connectivity index (χ0n) is 24.8. The average molecular weight is 667 g/mol. The highest BCUT2D eigenvalue weighted by molar-refractivity contribution is 9.09. The monoisotopic (exact) mass is 665 g/mol. The van der Waals surface area contributed by atoms with Crippen LogP contribution in [0.1, 0.15) is 47.1 Å². The summed E-state index contributed by atoms with van der Waals surface area (Å²) in [5.41, 5.74) is 4.62. The number of carbonyl (C=O) groups excluding carboxylic acids is 1. The Labute approximate surface area is 264 Å². The van der Waals surface area contributed by atoms with Gasteiger partial charge in [0.25, 0.3) is 0 Å². The number of methoxy groups -OCH3 is 1. The fourth-order valence-electron chi connectivity index (χ4n) is 6.10. The van der Waals surface area contributed by atoms with Crippen molar-refractivity contribution in [1.82, 2.24) is 4.90 Å². The molecule has 4 aromatic rings. The van der Waals surface area contributed by atoms with Gasteiger partial charge >= 0.3 is 6.18 Å². The van der Waals surface area contributed by atoms with E-state index in [1.165, 1.54) is 7.11 Å². The van der Waals surface area contributed by atoms with E-state index in [2.05, 4.69) is 15.9 Å². The van der Waals surface area contributed by atoms with E-state index in [-0.39, 0.29) is 6.54 Å². The maximum atomic E-state index is 14.8. The zero-order valence-corrected chi connectivity index (χ0v) is 26.4. The van der Waals surface area contributed by atoms with Crippen molar-refractivity contribution >= 4 is 21.8 Å². The molecule has 230 valence electrons. The zero-order chi connectivity index (χ0) is 31.3. The third kappa shape index (κ3) is 6.65. The lowest BCUT2D eigenvalue weighted by Crippen LogP contribution is -2.49. The molecular formula is C36H35BrF3NO3. The minimum atomic E-state index is -4.60. The van der Waals surface area contributed by atoms with Crippen molar-refractivity contribution in [2.75, 3.05) is 19.0 Å². The Morgan fingerprint density at radius 3 is 2.11 bits per heavy atom. The van der Waals surface area contributed by atoms with Gasteiger partial charge < -0.3 is 14.4 Å². The van der Waals surface area contributed by atoms with Crippen LogP contribution in [0.3, 0.4) is 0 Å². The number of alkyl halides is 4. The second-order valence-corrected chi connectivity index (χ2v) is 12.0. The first kappa shape index (κ1) is 31.6. The van der Waals surface area contributed by atoms with E-state index in [9.17, 15) is 18.0 Å². The van der Waals surface area contributed by atoms with Crippen molar-refractivity contribution in [3.63, 3.8) is 0 Å². The molecule has 0 fully saturated rings. The molecule has 0 aromatic heterocycles. The van der Waals surface area contributed by atoms with Crippen LogP contribution in [0, 0.1) is 6.92 Å². The van der Waals surface area contributed by atoms with Crippen molar-refractivity contribution in [2.45, 2.75) is 50.9 Å². The summed E-state index contributed by atoms with van der Waals surface area (Å²) >= 11 is 3.47. The average Bonchev–Trinajstić information content (AvgIpc) is 3.30. The van der Waals surface area contributed by atoms with Gasteiger partial charge in [-0.2, -0.15) is 13.2 Å². The minimum Gasteiger partial charge on any atom is -0.496 e. The lowest BCUT2D eigenvalue weighted by Gasteiger charge is -2.37. The molecule has 0 radical (unpaired) electrons. The molecule has 4 nitrogen and oxygen atoms in total. The largest absolute Gasteiger partial charge is 0.496 e. The molecule has 5 rings (SSSR count). The highest BCUT2D eigenvalue weighted by Crippen LogP contribution is 2.52. The standard InChI is InChI=1S/C36H35BrF3NO3/c1-25-13-15-26(16-14-25)23-44-28-18-17-27(33(21-28)43-2)22-41(24-36(38,39)40)34(42)35(19-7-8-20-37)31-11-5-3-9-29(31)30-10-4-6-12-32(30)35/h3-6,9-18,21H,7-8,19-20,22-24H2,1-2H3. The number of aryl methyl sites for hydroxylation is 1. The Morgan fingerprint density at radius 2 is 1.52 bits per heavy atom. The molecule has 0 spiro atoms. The summed E-state index contributed by atoms with van der Waals surface area (Å²) in [6, 6.07) is 28.2. The molecule has 0 aliphatic heterocycles. The number of amides is 1. The van der Waals surface area contributed by atoms with Gasteiger partial charge in [-0.05, 0) is 59.7 Å². The van der Waals surface area contributed by atoms with Gasteiger partial charge in [-0.1, -0.05) is 101 Å². The van der Waals surface area contributed by atoms with Crippen LogP contribution < -0.4 is 9.47 Å². The fraction of sp³-hybridized carbons (Fsp3) is 0.306. The summed E-state index contributed by atoms with van der Waals surface area (Å²) in [6.07, 6.45) is -2.76. The molecule has 0 bridgehead atoms. The van der Waals surface area contributed by atoms with Crippen LogP contribution >= 0.6 is 15.9 Å². The summed E-state index contributed by atoms with van der Waals surface area (Å²) in [4.78, 5) is 15.7. The molecule has 1 amide bonds. The Bertz CT molecular complexity index is 1560. The molecular weight excluding hydrogens is 631 g/mol. The molecule has 1 aliphatic carbocycles. The molecule has 0 saturated heterocycles. The number of rotatable bonds is 12. The normalized spacial score (nSPS) is 13.2. The molecule has 0 unspecified atom stereocenters. The van der Waals surface area contributed by atoms with Gasteiger partial charge in [0.2, 0.25) is 5.91 Å². The van der Waals surface area contributed by atoms with E-state index in [0.717, 1.165) is 50.0 Å². The minimum absolute atomic E-state index is 0.274. The number of unbranched alkanes of at least 4 members (excludes halogenated alkanes) is 1. The molecule has 44 heavy (non-hydrogen) atoms. The summed E-state index contributed by atoms with van der Waals surface area (Å²) in [5, 5.41) is 0.738. The summed E-state index contributed by atoms with van der Waals surface area (Å²) in [7, 11) is 1.46. The van der Waals surface area contributed by atoms with Crippen LogP contribution in [0.25, 0.3) is 11.1 Å². The van der Waals surface area contributed by atoms with Gasteiger partial charge in [-0.25, -0.2) is 0 Å². The van der Waals surface area contributed by atoms with E-state index >= 15 is 0 Å². The van der Waals surface area contributed by atoms with E-state index in [0.29, 0.717) is 36.5 Å². The van der Waals surface area contributed by atoms with E-state index in [4.69, 9.17) is 9.47 Å². The van der Waals surface area contributed by atoms with Crippen LogP contribution in [0.4, 0.5) is 13.2 Å². The summed E-state index contributed by atoms with van der Waals surface area (Å²) in [5.74, 6) is 0.306. The summed E-state index contributed by atoms with van der Waals surface area (Å²) < 4.78 is 54.0. The van der Waals surface area contributed by atoms with Crippen molar-refractivity contribution in [2.24, 2.45) is 0 Å². The van der Waals surface area contributed by atoms with E-state index in [1.54, 1.807) is 18.2 Å². The first-order valence-corrected chi connectivity index (χ1v) is 15.7. The number of benzene rings is 4. The topological polar surface area (TPSA) is 38.8 Å². The number of hydrogen-bond donors (Lipinski definition) is 0. The van der Waals surface area contributed by atoms with Crippen molar-refractivity contribution < 1.29 is 27.4 Å². The lowest BCUT2D eigenvalue weighted by molar-refractivity contribution is -0.165. The number of ether oxygens (including phenoxy) is 2. The Morgan fingerprint density at radius 1 is 0.886 bits per heavy atom. The molecule has 0 saturated carbocycles. The highest BCUT2D eigenvalue weighted by Gasteiger charge is 2.51. The predicted molar refractivity (Wildman–Crippen MR) is 170 cm³/mol. The van der Waals surface area contributed by atoms with Crippen LogP contribution in [0.2, 0.25) is 0 Å². The van der Waals surface area contributed by atoms with Crippen molar-refractivity contribution in [1.29, 1.82) is 0 Å². The first-order chi connectivity index (χ1) is 21.2. The number of halogens is 4. The maximum absolute atomic E-state index is 14.8. The third-order valence-corrected chi connectivity index (χ3v) is 8.73. The quantitative estimate of drug-likeness (QED) is 0.112. The molecule has 0 atom stereocenters. The molecule has 0 N–H and O–H groups in total. The Balaban J connectivity index is 1.51. The lowest BCUT2D eigenvalue weighted by atomic mass is 9.73. The maximum Gasteiger partial charge on any atom is 0.406 e. The molecule has 4 aromatic carbocycles. The fourth-order valence-corrected chi connectivity index (χ4v) is 6.50. The van der Waals surface area contributed by atoms with Gasteiger partial charge in [0.1, 0.15) is 30.1 Å². The van der Waals surface area contributed by atoms with E-state index < -0.39 is 24.0 Å². The number of nitrogens with zero attached hydrogens (tertiary/aromatic N) is 1. The second kappa shape index (κ2) is 13.5. The van der Waals surface area contributed by atoms with Crippen LogP contribution in [0.15, 0.2) is 91.0 Å². The Hall–Kier alpha value is -3.78. The molecule has 0 heterocycles. The van der Waals surface area contributed by atoms with Crippen LogP contribution in [0.5, 0.6) is 11.5 Å². The number of fused-ring (bicyclic) bond motifs is 3. The van der Waals surface area contributed by atoms with Crippen LogP contribution in [-0.2, 0) is 23.4 Å². The van der Waals surface area contributed by atoms with E-state index in [1.807, 2.05) is 79.7 Å². The molecule has 1 aliphatic rings. The van der Waals surface area contributed by atoms with Crippen LogP contribution in [-0.4, -0.2) is 36.0 Å². The Kier molecular flexibility index (Phi) is 9.68. The van der Waals surface area contributed by atoms with Crippen molar-refractivity contribution in [3.8, 4) is 22.6 Å².